The SMILES string of the molecule is O=C(CN1C(=O)CCC1=O)NCCCc1cnoc1. The van der Waals surface area contributed by atoms with Crippen LogP contribution in [0, 0.1) is 0 Å². The Labute approximate surface area is 109 Å². The summed E-state index contributed by atoms with van der Waals surface area (Å²) in [4.78, 5) is 35.2. The largest absolute Gasteiger partial charge is 0.364 e. The molecule has 0 spiro atoms. The van der Waals surface area contributed by atoms with Crippen LogP contribution in [0.4, 0.5) is 0 Å². The average molecular weight is 265 g/mol. The minimum absolute atomic E-state index is 0.176. The van der Waals surface area contributed by atoms with Gasteiger partial charge in [0.05, 0.1) is 6.20 Å². The van der Waals surface area contributed by atoms with Gasteiger partial charge in [-0.2, -0.15) is 0 Å². The van der Waals surface area contributed by atoms with Crippen molar-refractivity contribution in [1.29, 1.82) is 0 Å². The summed E-state index contributed by atoms with van der Waals surface area (Å²) in [5.41, 5.74) is 0.971. The van der Waals surface area contributed by atoms with Crippen molar-refractivity contribution in [2.45, 2.75) is 25.7 Å². The molecule has 3 amide bonds. The molecule has 0 bridgehead atoms. The molecule has 2 heterocycles. The van der Waals surface area contributed by atoms with E-state index in [0.29, 0.717) is 6.54 Å². The van der Waals surface area contributed by atoms with E-state index in [9.17, 15) is 14.4 Å². The molecule has 1 aliphatic heterocycles. The maximum absolute atomic E-state index is 11.6. The average Bonchev–Trinajstić information content (AvgIpc) is 3.00. The number of carbonyl (C=O) groups excluding carboxylic acids is 3. The zero-order valence-corrected chi connectivity index (χ0v) is 10.4. The van der Waals surface area contributed by atoms with Gasteiger partial charge in [-0.1, -0.05) is 5.16 Å². The highest BCUT2D eigenvalue weighted by Crippen LogP contribution is 2.10. The molecule has 0 radical (unpaired) electrons. The van der Waals surface area contributed by atoms with Crippen LogP contribution >= 0.6 is 0 Å². The fourth-order valence-electron chi connectivity index (χ4n) is 1.87. The summed E-state index contributed by atoms with van der Waals surface area (Å²) in [5.74, 6) is -0.858. The summed E-state index contributed by atoms with van der Waals surface area (Å²) in [6.45, 7) is 0.311. The van der Waals surface area contributed by atoms with Gasteiger partial charge in [-0.3, -0.25) is 19.3 Å². The first-order chi connectivity index (χ1) is 9.16. The number of nitrogens with zero attached hydrogens (tertiary/aromatic N) is 2. The van der Waals surface area contributed by atoms with Crippen molar-refractivity contribution < 1.29 is 18.9 Å². The van der Waals surface area contributed by atoms with Crippen molar-refractivity contribution in [3.05, 3.63) is 18.0 Å². The lowest BCUT2D eigenvalue weighted by Gasteiger charge is -2.13. The predicted octanol–water partition coefficient (Wildman–Crippen LogP) is -0.128. The van der Waals surface area contributed by atoms with E-state index >= 15 is 0 Å². The van der Waals surface area contributed by atoms with E-state index in [1.807, 2.05) is 0 Å². The minimum atomic E-state index is -0.311. The molecule has 0 atom stereocenters. The lowest BCUT2D eigenvalue weighted by Crippen LogP contribution is -2.40. The first-order valence-electron chi connectivity index (χ1n) is 6.15. The molecule has 0 unspecified atom stereocenters. The number of carbonyl (C=O) groups is 3. The van der Waals surface area contributed by atoms with E-state index in [2.05, 4.69) is 15.0 Å². The van der Waals surface area contributed by atoms with Crippen molar-refractivity contribution in [2.24, 2.45) is 0 Å². The van der Waals surface area contributed by atoms with Gasteiger partial charge in [0.25, 0.3) is 0 Å². The standard InChI is InChI=1S/C12H15N3O4/c16-10(7-15-11(17)3-4-12(15)18)13-5-1-2-9-6-14-19-8-9/h6,8H,1-5,7H2,(H,13,16). The molecule has 1 aromatic heterocycles. The molecule has 1 aliphatic rings. The molecule has 1 fully saturated rings. The molecule has 7 nitrogen and oxygen atoms in total. The van der Waals surface area contributed by atoms with E-state index in [0.717, 1.165) is 23.3 Å². The molecular formula is C12H15N3O4. The summed E-state index contributed by atoms with van der Waals surface area (Å²) in [7, 11) is 0. The van der Waals surface area contributed by atoms with Crippen LogP contribution in [0.2, 0.25) is 0 Å². The quantitative estimate of drug-likeness (QED) is 0.571. The zero-order valence-electron chi connectivity index (χ0n) is 10.4. The number of rotatable bonds is 6. The number of hydrogen-bond acceptors (Lipinski definition) is 5. The van der Waals surface area contributed by atoms with Gasteiger partial charge >= 0.3 is 0 Å². The number of imide groups is 1. The van der Waals surface area contributed by atoms with Crippen LogP contribution in [-0.2, 0) is 20.8 Å². The van der Waals surface area contributed by atoms with E-state index in [4.69, 9.17) is 0 Å². The minimum Gasteiger partial charge on any atom is -0.364 e. The second kappa shape index (κ2) is 6.12. The van der Waals surface area contributed by atoms with E-state index in [1.165, 1.54) is 0 Å². The third-order valence-corrected chi connectivity index (χ3v) is 2.90. The van der Waals surface area contributed by atoms with Crippen molar-refractivity contribution in [3.63, 3.8) is 0 Å². The van der Waals surface area contributed by atoms with Crippen LogP contribution < -0.4 is 5.32 Å². The molecule has 1 aromatic rings. The van der Waals surface area contributed by atoms with Crippen LogP contribution in [0.5, 0.6) is 0 Å². The molecule has 7 heteroatoms. The van der Waals surface area contributed by atoms with Crippen LogP contribution in [0.15, 0.2) is 17.0 Å². The van der Waals surface area contributed by atoms with E-state index < -0.39 is 0 Å². The first-order valence-corrected chi connectivity index (χ1v) is 6.15. The second-order valence-corrected chi connectivity index (χ2v) is 4.36. The van der Waals surface area contributed by atoms with Crippen LogP contribution in [0.25, 0.3) is 0 Å². The Morgan fingerprint density at radius 2 is 2.11 bits per heavy atom. The van der Waals surface area contributed by atoms with Gasteiger partial charge in [-0.15, -0.1) is 0 Å². The van der Waals surface area contributed by atoms with Gasteiger partial charge in [0, 0.05) is 24.9 Å². The van der Waals surface area contributed by atoms with Gasteiger partial charge in [0.1, 0.15) is 12.8 Å². The molecule has 102 valence electrons. The maximum atomic E-state index is 11.6. The molecule has 2 rings (SSSR count). The summed E-state index contributed by atoms with van der Waals surface area (Å²) in [6, 6.07) is 0. The number of aromatic nitrogens is 1. The van der Waals surface area contributed by atoms with Crippen molar-refractivity contribution in [3.8, 4) is 0 Å². The van der Waals surface area contributed by atoms with Crippen molar-refractivity contribution in [1.82, 2.24) is 15.4 Å². The Bertz CT molecular complexity index is 453. The van der Waals surface area contributed by atoms with Gasteiger partial charge in [-0.25, -0.2) is 0 Å². The highest BCUT2D eigenvalue weighted by atomic mass is 16.5. The van der Waals surface area contributed by atoms with Crippen molar-refractivity contribution >= 4 is 17.7 Å². The van der Waals surface area contributed by atoms with Gasteiger partial charge in [-0.05, 0) is 12.8 Å². The second-order valence-electron chi connectivity index (χ2n) is 4.36. The van der Waals surface area contributed by atoms with Gasteiger partial charge in [0.2, 0.25) is 17.7 Å². The number of amides is 3. The molecule has 0 aromatic carbocycles. The molecule has 0 saturated carbocycles. The Morgan fingerprint density at radius 1 is 1.37 bits per heavy atom. The molecular weight excluding hydrogens is 250 g/mol. The topological polar surface area (TPSA) is 92.5 Å². The lowest BCUT2D eigenvalue weighted by molar-refractivity contribution is -0.142. The molecule has 1 N–H and O–H groups in total. The van der Waals surface area contributed by atoms with Gasteiger partial charge < -0.3 is 9.84 Å². The monoisotopic (exact) mass is 265 g/mol. The van der Waals surface area contributed by atoms with E-state index in [1.54, 1.807) is 12.5 Å². The molecule has 19 heavy (non-hydrogen) atoms. The third kappa shape index (κ3) is 3.64. The first kappa shape index (κ1) is 13.3. The number of nitrogens with one attached hydrogen (secondary N) is 1. The summed E-state index contributed by atoms with van der Waals surface area (Å²) in [5, 5.41) is 6.25. The normalized spacial score (nSPS) is 15.1. The predicted molar refractivity (Wildman–Crippen MR) is 63.8 cm³/mol. The smallest absolute Gasteiger partial charge is 0.240 e. The summed E-state index contributed by atoms with van der Waals surface area (Å²) >= 11 is 0. The Kier molecular flexibility index (Phi) is 4.27. The van der Waals surface area contributed by atoms with E-state index in [-0.39, 0.29) is 37.1 Å². The van der Waals surface area contributed by atoms with Gasteiger partial charge in [0.15, 0.2) is 0 Å². The number of likely N-dealkylation sites (tertiary alicyclic amines) is 1. The zero-order chi connectivity index (χ0) is 13.7. The Morgan fingerprint density at radius 3 is 2.74 bits per heavy atom. The van der Waals surface area contributed by atoms with Crippen LogP contribution in [0.1, 0.15) is 24.8 Å². The summed E-state index contributed by atoms with van der Waals surface area (Å²) < 4.78 is 4.69. The fourth-order valence-corrected chi connectivity index (χ4v) is 1.87. The lowest BCUT2D eigenvalue weighted by atomic mass is 10.2. The highest BCUT2D eigenvalue weighted by Gasteiger charge is 2.30. The number of hydrogen-bond donors (Lipinski definition) is 1. The Hall–Kier alpha value is -2.18. The molecule has 0 aliphatic carbocycles. The van der Waals surface area contributed by atoms with Crippen molar-refractivity contribution in [2.75, 3.05) is 13.1 Å². The van der Waals surface area contributed by atoms with Crippen LogP contribution in [-0.4, -0.2) is 40.9 Å². The third-order valence-electron chi connectivity index (χ3n) is 2.90. The number of aryl methyl sites for hydroxylation is 1. The Balaban J connectivity index is 1.64. The fraction of sp³-hybridized carbons (Fsp3) is 0.500. The summed E-state index contributed by atoms with van der Waals surface area (Å²) in [6.07, 6.45) is 5.10. The maximum Gasteiger partial charge on any atom is 0.240 e. The molecule has 1 saturated heterocycles. The highest BCUT2D eigenvalue weighted by molar-refractivity contribution is 6.04. The van der Waals surface area contributed by atoms with Crippen LogP contribution in [0.3, 0.4) is 0 Å².